The SMILES string of the molecule is C[C@@H]1CC[C@@]2(O)[C@@]13C[C@@H](OC(=O)[C@@H]3O)[C@@]1(OC(=O)CCc3cccc(F)c3)C(=O)OC[C@@]21C. The molecular formula is C24H27FO8. The second-order valence-corrected chi connectivity index (χ2v) is 10.1. The summed E-state index contributed by atoms with van der Waals surface area (Å²) in [7, 11) is 0. The number of halogens is 1. The second kappa shape index (κ2) is 6.99. The van der Waals surface area contributed by atoms with Crippen LogP contribution in [0.15, 0.2) is 24.3 Å². The molecular weight excluding hydrogens is 435 g/mol. The van der Waals surface area contributed by atoms with Gasteiger partial charge in [-0.25, -0.2) is 14.0 Å². The molecule has 4 fully saturated rings. The fourth-order valence-electron chi connectivity index (χ4n) is 7.03. The van der Waals surface area contributed by atoms with Crippen molar-refractivity contribution in [2.45, 2.75) is 69.4 Å². The molecule has 0 radical (unpaired) electrons. The highest BCUT2D eigenvalue weighted by atomic mass is 19.1. The molecule has 2 heterocycles. The third kappa shape index (κ3) is 2.55. The Morgan fingerprint density at radius 3 is 2.82 bits per heavy atom. The maximum absolute atomic E-state index is 13.5. The van der Waals surface area contributed by atoms with Crippen LogP contribution in [0, 0.1) is 22.6 Å². The van der Waals surface area contributed by atoms with E-state index in [1.807, 2.05) is 6.92 Å². The van der Waals surface area contributed by atoms with Crippen molar-refractivity contribution >= 4 is 17.9 Å². The number of carbonyl (C=O) groups excluding carboxylic acids is 3. The number of rotatable bonds is 4. The minimum absolute atomic E-state index is 0.0283. The predicted octanol–water partition coefficient (Wildman–Crippen LogP) is 1.44. The molecule has 1 aromatic rings. The minimum atomic E-state index is -2.04. The molecule has 9 heteroatoms. The Labute approximate surface area is 190 Å². The first-order chi connectivity index (χ1) is 15.5. The average molecular weight is 462 g/mol. The van der Waals surface area contributed by atoms with Crippen LogP contribution in [0.3, 0.4) is 0 Å². The van der Waals surface area contributed by atoms with Crippen LogP contribution in [0.4, 0.5) is 4.39 Å². The van der Waals surface area contributed by atoms with E-state index >= 15 is 0 Å². The largest absolute Gasteiger partial charge is 0.462 e. The molecule has 8 nitrogen and oxygen atoms in total. The van der Waals surface area contributed by atoms with E-state index in [-0.39, 0.29) is 38.2 Å². The molecule has 2 N–H and O–H groups in total. The smallest absolute Gasteiger partial charge is 0.355 e. The number of aliphatic hydroxyl groups excluding tert-OH is 1. The highest BCUT2D eigenvalue weighted by molar-refractivity contribution is 5.90. The maximum atomic E-state index is 13.5. The lowest BCUT2D eigenvalue weighted by Gasteiger charge is -2.64. The summed E-state index contributed by atoms with van der Waals surface area (Å²) in [5.41, 5.74) is -5.85. The van der Waals surface area contributed by atoms with Crippen molar-refractivity contribution in [1.29, 1.82) is 0 Å². The zero-order chi connectivity index (χ0) is 23.8. The van der Waals surface area contributed by atoms with Gasteiger partial charge < -0.3 is 24.4 Å². The molecule has 178 valence electrons. The van der Waals surface area contributed by atoms with Crippen molar-refractivity contribution < 1.29 is 43.2 Å². The number of carbonyl (C=O) groups is 3. The quantitative estimate of drug-likeness (QED) is 0.510. The standard InChI is InChI=1S/C24H27FO8/c1-13-8-9-23(30)21(2)12-31-20(29)24(21,16-11-22(13,23)18(27)19(28)32-16)33-17(26)7-6-14-4-3-5-15(25)10-14/h3-5,10,13,16,18,27,30H,6-9,11-12H2,1-2H3/t13-,16-,18+,21+,22+,23+,24-/m1/s1. The first-order valence-electron chi connectivity index (χ1n) is 11.3. The Hall–Kier alpha value is -2.52. The van der Waals surface area contributed by atoms with Gasteiger partial charge in [-0.2, -0.15) is 0 Å². The van der Waals surface area contributed by atoms with E-state index in [4.69, 9.17) is 14.2 Å². The molecule has 2 bridgehead atoms. The maximum Gasteiger partial charge on any atom is 0.355 e. The molecule has 1 aromatic carbocycles. The number of hydrogen-bond acceptors (Lipinski definition) is 8. The summed E-state index contributed by atoms with van der Waals surface area (Å²) in [5, 5.41) is 23.0. The Morgan fingerprint density at radius 1 is 1.33 bits per heavy atom. The number of hydrogen-bond donors (Lipinski definition) is 2. The van der Waals surface area contributed by atoms with E-state index in [0.717, 1.165) is 0 Å². The van der Waals surface area contributed by atoms with Crippen molar-refractivity contribution in [2.75, 3.05) is 6.61 Å². The number of cyclic esters (lactones) is 1. The summed E-state index contributed by atoms with van der Waals surface area (Å²) in [4.78, 5) is 38.8. The summed E-state index contributed by atoms with van der Waals surface area (Å²) in [6, 6.07) is 5.81. The zero-order valence-electron chi connectivity index (χ0n) is 18.5. The first kappa shape index (κ1) is 22.3. The summed E-state index contributed by atoms with van der Waals surface area (Å²) < 4.78 is 30.1. The molecule has 33 heavy (non-hydrogen) atoms. The van der Waals surface area contributed by atoms with E-state index in [1.165, 1.54) is 18.2 Å². The van der Waals surface area contributed by atoms with Crippen molar-refractivity contribution in [3.05, 3.63) is 35.6 Å². The van der Waals surface area contributed by atoms with Crippen LogP contribution in [0.2, 0.25) is 0 Å². The number of ether oxygens (including phenoxy) is 3. The highest BCUT2D eigenvalue weighted by Crippen LogP contribution is 2.72. The molecule has 0 unspecified atom stereocenters. The summed E-state index contributed by atoms with van der Waals surface area (Å²) >= 11 is 0. The number of esters is 3. The monoisotopic (exact) mass is 462 g/mol. The lowest BCUT2D eigenvalue weighted by Crippen LogP contribution is -2.81. The second-order valence-electron chi connectivity index (χ2n) is 10.1. The number of benzene rings is 1. The summed E-state index contributed by atoms with van der Waals surface area (Å²) in [5.74, 6) is -3.24. The van der Waals surface area contributed by atoms with Gasteiger partial charge in [-0.05, 0) is 49.8 Å². The van der Waals surface area contributed by atoms with Crippen LogP contribution >= 0.6 is 0 Å². The fraction of sp³-hybridized carbons (Fsp3) is 0.625. The predicted molar refractivity (Wildman–Crippen MR) is 109 cm³/mol. The molecule has 5 rings (SSSR count). The van der Waals surface area contributed by atoms with Gasteiger partial charge in [-0.1, -0.05) is 19.1 Å². The van der Waals surface area contributed by atoms with E-state index < -0.39 is 58.0 Å². The third-order valence-corrected chi connectivity index (χ3v) is 8.84. The van der Waals surface area contributed by atoms with Crippen molar-refractivity contribution in [2.24, 2.45) is 16.7 Å². The lowest BCUT2D eigenvalue weighted by atomic mass is 9.44. The van der Waals surface area contributed by atoms with Gasteiger partial charge >= 0.3 is 17.9 Å². The van der Waals surface area contributed by atoms with Crippen LogP contribution in [-0.4, -0.2) is 58.1 Å². The Morgan fingerprint density at radius 2 is 2.09 bits per heavy atom. The Balaban J connectivity index is 1.52. The van der Waals surface area contributed by atoms with Gasteiger partial charge in [0.2, 0.25) is 0 Å². The fourth-order valence-corrected chi connectivity index (χ4v) is 7.03. The normalized spacial score (nSPS) is 43.4. The average Bonchev–Trinajstić information content (AvgIpc) is 3.19. The van der Waals surface area contributed by atoms with E-state index in [9.17, 15) is 29.0 Å². The molecule has 1 spiro atoms. The van der Waals surface area contributed by atoms with E-state index in [1.54, 1.807) is 13.0 Å². The van der Waals surface area contributed by atoms with Crippen LogP contribution in [0.25, 0.3) is 0 Å². The van der Waals surface area contributed by atoms with Crippen molar-refractivity contribution in [3.8, 4) is 0 Å². The molecule has 2 aliphatic heterocycles. The Bertz CT molecular complexity index is 1040. The number of fused-ring (bicyclic) bond motifs is 4. The lowest BCUT2D eigenvalue weighted by molar-refractivity contribution is -0.322. The van der Waals surface area contributed by atoms with Gasteiger partial charge in [0.15, 0.2) is 12.2 Å². The number of aryl methyl sites for hydroxylation is 1. The molecule has 2 saturated carbocycles. The molecule has 4 aliphatic rings. The van der Waals surface area contributed by atoms with Gasteiger partial charge in [0.05, 0.1) is 11.0 Å². The van der Waals surface area contributed by atoms with Crippen LogP contribution < -0.4 is 0 Å². The molecule has 0 amide bonds. The summed E-state index contributed by atoms with van der Waals surface area (Å²) in [6.07, 6.45) is -2.05. The molecule has 0 aromatic heterocycles. The highest BCUT2D eigenvalue weighted by Gasteiger charge is 2.87. The van der Waals surface area contributed by atoms with Crippen LogP contribution in [0.5, 0.6) is 0 Å². The molecule has 2 saturated heterocycles. The van der Waals surface area contributed by atoms with Gasteiger partial charge in [-0.15, -0.1) is 0 Å². The summed E-state index contributed by atoms with van der Waals surface area (Å²) in [6.45, 7) is 3.22. The zero-order valence-corrected chi connectivity index (χ0v) is 18.5. The van der Waals surface area contributed by atoms with Crippen LogP contribution in [-0.2, 0) is 35.0 Å². The molecule has 7 atom stereocenters. The first-order valence-corrected chi connectivity index (χ1v) is 11.3. The van der Waals surface area contributed by atoms with Crippen molar-refractivity contribution in [1.82, 2.24) is 0 Å². The van der Waals surface area contributed by atoms with Gasteiger partial charge in [0, 0.05) is 18.3 Å². The van der Waals surface area contributed by atoms with E-state index in [0.29, 0.717) is 12.0 Å². The molecule has 2 aliphatic carbocycles. The third-order valence-electron chi connectivity index (χ3n) is 8.84. The minimum Gasteiger partial charge on any atom is -0.462 e. The number of aliphatic hydroxyl groups is 2. The van der Waals surface area contributed by atoms with E-state index in [2.05, 4.69) is 0 Å². The van der Waals surface area contributed by atoms with Crippen molar-refractivity contribution in [3.63, 3.8) is 0 Å². The van der Waals surface area contributed by atoms with Crippen LogP contribution in [0.1, 0.15) is 45.1 Å². The van der Waals surface area contributed by atoms with Gasteiger partial charge in [0.25, 0.3) is 5.60 Å². The topological polar surface area (TPSA) is 119 Å². The van der Waals surface area contributed by atoms with Gasteiger partial charge in [-0.3, -0.25) is 4.79 Å². The van der Waals surface area contributed by atoms with Gasteiger partial charge in [0.1, 0.15) is 12.4 Å². The Kier molecular flexibility index (Phi) is 4.72.